The molecule has 2 aromatic heterocycles. The summed E-state index contributed by atoms with van der Waals surface area (Å²) in [6.07, 6.45) is 0.0514. The molecule has 1 unspecified atom stereocenters. The van der Waals surface area contributed by atoms with Crippen LogP contribution in [0.5, 0.6) is 5.88 Å². The largest absolute Gasteiger partial charge is 0.480 e. The maximum atomic E-state index is 13.6. The zero-order valence-electron chi connectivity index (χ0n) is 21.9. The Labute approximate surface area is 226 Å². The van der Waals surface area contributed by atoms with Crippen LogP contribution in [-0.4, -0.2) is 67.1 Å². The van der Waals surface area contributed by atoms with E-state index in [1.807, 2.05) is 6.07 Å². The van der Waals surface area contributed by atoms with Gasteiger partial charge in [0.1, 0.15) is 17.9 Å². The fraction of sp³-hybridized carbons (Fsp3) is 0.370. The molecule has 199 valence electrons. The molecule has 0 amide bonds. The average molecular weight is 530 g/mol. The van der Waals surface area contributed by atoms with Crippen LogP contribution in [0.2, 0.25) is 0 Å². The molecule has 12 heteroatoms. The number of methoxy groups -OCH3 is 1. The predicted octanol–water partition coefficient (Wildman–Crippen LogP) is 3.69. The first kappa shape index (κ1) is 26.5. The number of pyridine rings is 1. The molecule has 0 fully saturated rings. The molecule has 9 nitrogen and oxygen atoms in total. The van der Waals surface area contributed by atoms with Crippen LogP contribution in [0.3, 0.4) is 0 Å². The summed E-state index contributed by atoms with van der Waals surface area (Å²) in [5.74, 6) is 0.730. The van der Waals surface area contributed by atoms with Gasteiger partial charge < -0.3 is 24.6 Å². The van der Waals surface area contributed by atoms with Crippen LogP contribution in [0, 0.1) is 11.3 Å². The lowest BCUT2D eigenvalue weighted by atomic mass is 9.80. The number of aromatic nitrogens is 3. The van der Waals surface area contributed by atoms with E-state index in [1.54, 1.807) is 43.2 Å². The van der Waals surface area contributed by atoms with Gasteiger partial charge in [-0.3, -0.25) is 0 Å². The third-order valence-electron chi connectivity index (χ3n) is 7.25. The fourth-order valence-electron chi connectivity index (χ4n) is 5.43. The molecule has 39 heavy (non-hydrogen) atoms. The van der Waals surface area contributed by atoms with Gasteiger partial charge in [-0.1, -0.05) is 6.92 Å². The van der Waals surface area contributed by atoms with Crippen LogP contribution in [-0.2, 0) is 23.2 Å². The third-order valence-corrected chi connectivity index (χ3v) is 7.25. The molecule has 1 atom stereocenters. The lowest BCUT2D eigenvalue weighted by molar-refractivity contribution is 0.111. The second-order valence-electron chi connectivity index (χ2n) is 10.1. The molecule has 1 aromatic carbocycles. The minimum atomic E-state index is -2.55. The number of nitrogens with one attached hydrogen (secondary N) is 1. The van der Waals surface area contributed by atoms with Gasteiger partial charge in [0.15, 0.2) is 0 Å². The first-order valence-electron chi connectivity index (χ1n) is 12.5. The Kier molecular flexibility index (Phi) is 7.18. The van der Waals surface area contributed by atoms with Gasteiger partial charge in [-0.25, -0.2) is 23.7 Å². The maximum Gasteiger partial charge on any atom is 0.329 e. The number of ether oxygens (including phenoxy) is 1. The molecule has 4 heterocycles. The van der Waals surface area contributed by atoms with Gasteiger partial charge in [-0.05, 0) is 42.4 Å². The van der Waals surface area contributed by atoms with Crippen LogP contribution >= 0.6 is 0 Å². The molecular formula is C27H27BF2N7O2. The van der Waals surface area contributed by atoms with Crippen LogP contribution < -0.4 is 14.9 Å². The number of carbonyl (C=O) groups is 1. The SMILES string of the molecule is COc1nc2c(cc1Nc1nccc(-c3cc(C#N)c4c(c3)C(C)(CC(F)F)CN4[B]C=O)n1)CN(C)CC2. The summed E-state index contributed by atoms with van der Waals surface area (Å²) in [5, 5.41) is 13.1. The number of alkyl halides is 2. The van der Waals surface area contributed by atoms with Gasteiger partial charge in [0.25, 0.3) is 0 Å². The summed E-state index contributed by atoms with van der Waals surface area (Å²) >= 11 is 0. The van der Waals surface area contributed by atoms with Crippen molar-refractivity contribution in [3.05, 3.63) is 52.8 Å². The highest BCUT2D eigenvalue weighted by atomic mass is 19.3. The predicted molar refractivity (Wildman–Crippen MR) is 144 cm³/mol. The Morgan fingerprint density at radius 3 is 2.87 bits per heavy atom. The minimum Gasteiger partial charge on any atom is -0.480 e. The first-order chi connectivity index (χ1) is 18.7. The zero-order valence-corrected chi connectivity index (χ0v) is 21.9. The van der Waals surface area contributed by atoms with Gasteiger partial charge in [0.05, 0.1) is 24.1 Å². The van der Waals surface area contributed by atoms with Crippen LogP contribution in [0.4, 0.5) is 26.1 Å². The van der Waals surface area contributed by atoms with Gasteiger partial charge in [0.2, 0.25) is 18.3 Å². The fourth-order valence-corrected chi connectivity index (χ4v) is 5.43. The van der Waals surface area contributed by atoms with E-state index in [0.717, 1.165) is 30.8 Å². The van der Waals surface area contributed by atoms with Crippen molar-refractivity contribution >= 4 is 30.9 Å². The number of benzene rings is 1. The number of nitriles is 1. The Morgan fingerprint density at radius 2 is 2.15 bits per heavy atom. The topological polar surface area (TPSA) is 107 Å². The van der Waals surface area contributed by atoms with E-state index in [0.29, 0.717) is 46.2 Å². The molecule has 0 saturated carbocycles. The summed E-state index contributed by atoms with van der Waals surface area (Å²) in [6.45, 7) is 3.58. The molecule has 0 saturated heterocycles. The number of anilines is 3. The Hall–Kier alpha value is -4.11. The maximum absolute atomic E-state index is 13.6. The molecule has 1 N–H and O–H groups in total. The van der Waals surface area contributed by atoms with E-state index in [2.05, 4.69) is 38.3 Å². The monoisotopic (exact) mass is 530 g/mol. The summed E-state index contributed by atoms with van der Waals surface area (Å²) < 4.78 is 32.7. The van der Waals surface area contributed by atoms with Gasteiger partial charge >= 0.3 is 7.41 Å². The highest BCUT2D eigenvalue weighted by molar-refractivity contribution is 6.70. The number of halogens is 2. The van der Waals surface area contributed by atoms with Crippen molar-refractivity contribution in [2.24, 2.45) is 0 Å². The van der Waals surface area contributed by atoms with Crippen molar-refractivity contribution in [3.63, 3.8) is 0 Å². The lowest BCUT2D eigenvalue weighted by Gasteiger charge is -2.25. The van der Waals surface area contributed by atoms with Gasteiger partial charge in [-0.2, -0.15) is 5.26 Å². The molecule has 1 radical (unpaired) electrons. The second-order valence-corrected chi connectivity index (χ2v) is 10.1. The van der Waals surface area contributed by atoms with Crippen LogP contribution in [0.25, 0.3) is 11.3 Å². The summed E-state index contributed by atoms with van der Waals surface area (Å²) in [4.78, 5) is 28.7. The third kappa shape index (κ3) is 5.14. The highest BCUT2D eigenvalue weighted by Gasteiger charge is 2.42. The lowest BCUT2D eigenvalue weighted by Crippen LogP contribution is -2.35. The van der Waals surface area contributed by atoms with Crippen LogP contribution in [0.1, 0.15) is 35.7 Å². The second kappa shape index (κ2) is 10.6. The van der Waals surface area contributed by atoms with Crippen molar-refractivity contribution < 1.29 is 18.3 Å². The van der Waals surface area contributed by atoms with Crippen molar-refractivity contribution in [1.82, 2.24) is 19.9 Å². The normalized spacial score (nSPS) is 18.3. The number of nitrogens with zero attached hydrogens (tertiary/aromatic N) is 6. The molecule has 2 aliphatic heterocycles. The Morgan fingerprint density at radius 1 is 1.33 bits per heavy atom. The van der Waals surface area contributed by atoms with Crippen molar-refractivity contribution in [2.45, 2.75) is 38.2 Å². The van der Waals surface area contributed by atoms with Gasteiger partial charge in [0, 0.05) is 55.3 Å². The quantitative estimate of drug-likeness (QED) is 0.345. The van der Waals surface area contributed by atoms with E-state index in [1.165, 1.54) is 7.41 Å². The Balaban J connectivity index is 1.53. The summed E-state index contributed by atoms with van der Waals surface area (Å²) in [6, 6.07) is 9.28. The molecule has 5 rings (SSSR count). The first-order valence-corrected chi connectivity index (χ1v) is 12.5. The van der Waals surface area contributed by atoms with Crippen LogP contribution in [0.15, 0.2) is 30.5 Å². The number of likely N-dealkylation sites (N-methyl/N-ethyl adjacent to an activating group) is 1. The number of fused-ring (bicyclic) bond motifs is 2. The molecule has 2 aliphatic rings. The number of carbonyl (C=O) groups excluding carboxylic acids is 1. The number of rotatable bonds is 8. The molecule has 0 aliphatic carbocycles. The average Bonchev–Trinajstić information content (AvgIpc) is 3.18. The van der Waals surface area contributed by atoms with Crippen molar-refractivity contribution in [2.75, 3.05) is 37.4 Å². The molecule has 3 aromatic rings. The van der Waals surface area contributed by atoms with E-state index < -0.39 is 18.3 Å². The van der Waals surface area contributed by atoms with Gasteiger partial charge in [-0.15, -0.1) is 0 Å². The molecule has 0 bridgehead atoms. The minimum absolute atomic E-state index is 0.167. The van der Waals surface area contributed by atoms with E-state index >= 15 is 0 Å². The number of hydrogen-bond donors (Lipinski definition) is 1. The van der Waals surface area contributed by atoms with Crippen molar-refractivity contribution in [1.29, 1.82) is 5.26 Å². The summed E-state index contributed by atoms with van der Waals surface area (Å²) in [5.41, 5.74) is 4.17. The van der Waals surface area contributed by atoms with E-state index in [9.17, 15) is 18.8 Å². The van der Waals surface area contributed by atoms with E-state index in [-0.39, 0.29) is 12.1 Å². The van der Waals surface area contributed by atoms with E-state index in [4.69, 9.17) is 4.74 Å². The Bertz CT molecular complexity index is 1460. The smallest absolute Gasteiger partial charge is 0.329 e. The zero-order chi connectivity index (χ0) is 27.7. The number of hydrogen-bond acceptors (Lipinski definition) is 9. The summed E-state index contributed by atoms with van der Waals surface area (Å²) in [7, 11) is 4.89. The standard InChI is InChI=1S/C27H27BF2N7O2/c1-27(11-23(29)30)14-37(28-15-38)24-17(12-31)8-16(9-19(24)27)20-4-6-32-26(34-20)35-22-10-18-13-36(2)7-5-21(18)33-25(22)39-3/h4,6,8-10,15,23H,5,7,11,13-14H2,1-3H3,(H,32,34,35). The highest BCUT2D eigenvalue weighted by Crippen LogP contribution is 2.47. The molecular weight excluding hydrogens is 503 g/mol. The van der Waals surface area contributed by atoms with Crippen molar-refractivity contribution in [3.8, 4) is 23.2 Å². The molecule has 0 spiro atoms.